The number of nitrogens with one attached hydrogen (secondary N) is 1. The highest BCUT2D eigenvalue weighted by Crippen LogP contribution is 2.34. The van der Waals surface area contributed by atoms with Crippen molar-refractivity contribution in [2.45, 2.75) is 4.90 Å². The van der Waals surface area contributed by atoms with Crippen molar-refractivity contribution < 1.29 is 8.42 Å². The van der Waals surface area contributed by atoms with E-state index in [9.17, 15) is 8.42 Å². The normalized spacial score (nSPS) is 11.4. The zero-order chi connectivity index (χ0) is 15.8. The molecule has 4 nitrogen and oxygen atoms in total. The molecule has 0 atom stereocenters. The molecule has 0 aliphatic carbocycles. The highest BCUT2D eigenvalue weighted by atomic mass is 35.5. The Kier molecular flexibility index (Phi) is 4.80. The fourth-order valence-corrected chi connectivity index (χ4v) is 4.31. The lowest BCUT2D eigenvalue weighted by atomic mass is 10.3. The maximum Gasteiger partial charge on any atom is 0.264 e. The summed E-state index contributed by atoms with van der Waals surface area (Å²) in [6, 6.07) is 6.96. The van der Waals surface area contributed by atoms with Gasteiger partial charge in [-0.25, -0.2) is 8.42 Å². The molecule has 0 radical (unpaired) electrons. The summed E-state index contributed by atoms with van der Waals surface area (Å²) >= 11 is 23.6. The maximum absolute atomic E-state index is 12.4. The SMILES string of the molecule is Nc1cc(Cl)c(S(=O)(=O)Nc2cc(Cl)ccc2Cl)c(Cl)c1. The molecule has 0 spiro atoms. The average Bonchev–Trinajstić information content (AvgIpc) is 2.31. The summed E-state index contributed by atoms with van der Waals surface area (Å²) in [4.78, 5) is -0.281. The Bertz CT molecular complexity index is 786. The van der Waals surface area contributed by atoms with Gasteiger partial charge in [0, 0.05) is 10.7 Å². The van der Waals surface area contributed by atoms with Crippen molar-refractivity contribution in [1.82, 2.24) is 0 Å². The van der Waals surface area contributed by atoms with Crippen molar-refractivity contribution in [3.05, 3.63) is 50.4 Å². The summed E-state index contributed by atoms with van der Waals surface area (Å²) in [5, 5.41) is 0.327. The van der Waals surface area contributed by atoms with Gasteiger partial charge in [-0.3, -0.25) is 4.72 Å². The van der Waals surface area contributed by atoms with Crippen molar-refractivity contribution in [2.24, 2.45) is 0 Å². The van der Waals surface area contributed by atoms with Crippen LogP contribution in [-0.2, 0) is 10.0 Å². The highest BCUT2D eigenvalue weighted by molar-refractivity contribution is 7.93. The van der Waals surface area contributed by atoms with E-state index < -0.39 is 10.0 Å². The van der Waals surface area contributed by atoms with Gasteiger partial charge in [-0.15, -0.1) is 0 Å². The molecule has 9 heteroatoms. The molecule has 0 heterocycles. The molecule has 2 rings (SSSR count). The van der Waals surface area contributed by atoms with Gasteiger partial charge in [0.05, 0.1) is 20.8 Å². The third-order valence-electron chi connectivity index (χ3n) is 2.46. The second kappa shape index (κ2) is 6.10. The third kappa shape index (κ3) is 3.67. The Morgan fingerprint density at radius 2 is 1.48 bits per heavy atom. The molecule has 21 heavy (non-hydrogen) atoms. The van der Waals surface area contributed by atoms with Gasteiger partial charge >= 0.3 is 0 Å². The van der Waals surface area contributed by atoms with Crippen LogP contribution >= 0.6 is 46.4 Å². The number of sulfonamides is 1. The van der Waals surface area contributed by atoms with Crippen LogP contribution in [0.15, 0.2) is 35.2 Å². The van der Waals surface area contributed by atoms with Crippen molar-refractivity contribution >= 4 is 67.8 Å². The topological polar surface area (TPSA) is 72.2 Å². The molecule has 0 fully saturated rings. The Morgan fingerprint density at radius 1 is 0.905 bits per heavy atom. The zero-order valence-corrected chi connectivity index (χ0v) is 14.0. The van der Waals surface area contributed by atoms with E-state index in [-0.39, 0.29) is 31.3 Å². The largest absolute Gasteiger partial charge is 0.399 e. The van der Waals surface area contributed by atoms with Gasteiger partial charge < -0.3 is 5.73 Å². The number of nitrogen functional groups attached to an aromatic ring is 1. The zero-order valence-electron chi connectivity index (χ0n) is 10.2. The molecule has 0 aliphatic rings. The second-order valence-electron chi connectivity index (χ2n) is 4.04. The molecular formula is C12H8Cl4N2O2S. The van der Waals surface area contributed by atoms with Crippen LogP contribution in [0.3, 0.4) is 0 Å². The van der Waals surface area contributed by atoms with Crippen molar-refractivity contribution in [3.63, 3.8) is 0 Å². The van der Waals surface area contributed by atoms with E-state index in [4.69, 9.17) is 52.1 Å². The van der Waals surface area contributed by atoms with Crippen LogP contribution < -0.4 is 10.5 Å². The van der Waals surface area contributed by atoms with E-state index in [1.807, 2.05) is 0 Å². The number of rotatable bonds is 3. The monoisotopic (exact) mass is 384 g/mol. The molecular weight excluding hydrogens is 378 g/mol. The Balaban J connectivity index is 2.51. The van der Waals surface area contributed by atoms with Crippen LogP contribution in [-0.4, -0.2) is 8.42 Å². The first kappa shape index (κ1) is 16.5. The number of hydrogen-bond acceptors (Lipinski definition) is 3. The summed E-state index contributed by atoms with van der Waals surface area (Å²) in [6.45, 7) is 0. The third-order valence-corrected chi connectivity index (χ3v) is 5.31. The predicted octanol–water partition coefficient (Wildman–Crippen LogP) is 4.68. The van der Waals surface area contributed by atoms with Crippen molar-refractivity contribution in [3.8, 4) is 0 Å². The van der Waals surface area contributed by atoms with E-state index in [1.165, 1.54) is 30.3 Å². The summed E-state index contributed by atoms with van der Waals surface area (Å²) in [6.07, 6.45) is 0. The fourth-order valence-electron chi connectivity index (χ4n) is 1.61. The van der Waals surface area contributed by atoms with Gasteiger partial charge in [-0.05, 0) is 30.3 Å². The van der Waals surface area contributed by atoms with E-state index in [0.29, 0.717) is 5.02 Å². The first-order valence-corrected chi connectivity index (χ1v) is 8.42. The van der Waals surface area contributed by atoms with Crippen LogP contribution in [0.2, 0.25) is 20.1 Å². The number of benzene rings is 2. The number of halogens is 4. The van der Waals surface area contributed by atoms with Gasteiger partial charge in [0.15, 0.2) is 0 Å². The summed E-state index contributed by atoms with van der Waals surface area (Å²) < 4.78 is 27.1. The Morgan fingerprint density at radius 3 is 2.05 bits per heavy atom. The van der Waals surface area contributed by atoms with E-state index >= 15 is 0 Å². The van der Waals surface area contributed by atoms with Crippen LogP contribution in [0.5, 0.6) is 0 Å². The minimum Gasteiger partial charge on any atom is -0.399 e. The molecule has 0 aromatic heterocycles. The Labute approximate surface area is 141 Å². The van der Waals surface area contributed by atoms with Gasteiger partial charge in [0.1, 0.15) is 4.90 Å². The van der Waals surface area contributed by atoms with Gasteiger partial charge in [-0.2, -0.15) is 0 Å². The minimum absolute atomic E-state index is 0.0920. The van der Waals surface area contributed by atoms with Crippen molar-refractivity contribution in [2.75, 3.05) is 10.5 Å². The lowest BCUT2D eigenvalue weighted by Gasteiger charge is -2.13. The van der Waals surface area contributed by atoms with Crippen LogP contribution in [0, 0.1) is 0 Å². The molecule has 0 saturated carbocycles. The number of hydrogen-bond donors (Lipinski definition) is 2. The summed E-state index contributed by atoms with van der Waals surface area (Å²) in [5.41, 5.74) is 5.92. The standard InChI is InChI=1S/C12H8Cl4N2O2S/c13-6-1-2-8(14)11(3-6)18-21(19,20)12-9(15)4-7(17)5-10(12)16/h1-5,18H,17H2. The molecule has 2 aromatic rings. The smallest absolute Gasteiger partial charge is 0.264 e. The molecule has 0 saturated heterocycles. The molecule has 0 amide bonds. The molecule has 0 aliphatic heterocycles. The maximum atomic E-state index is 12.4. The van der Waals surface area contributed by atoms with E-state index in [1.54, 1.807) is 0 Å². The van der Waals surface area contributed by atoms with E-state index in [2.05, 4.69) is 4.72 Å². The molecule has 3 N–H and O–H groups in total. The van der Waals surface area contributed by atoms with Crippen molar-refractivity contribution in [1.29, 1.82) is 0 Å². The summed E-state index contributed by atoms with van der Waals surface area (Å²) in [5.74, 6) is 0. The first-order valence-electron chi connectivity index (χ1n) is 5.43. The number of nitrogens with two attached hydrogens (primary N) is 1. The molecule has 0 unspecified atom stereocenters. The molecule has 2 aromatic carbocycles. The lowest BCUT2D eigenvalue weighted by Crippen LogP contribution is -2.14. The quantitative estimate of drug-likeness (QED) is 0.753. The van der Waals surface area contributed by atoms with Gasteiger partial charge in [0.25, 0.3) is 10.0 Å². The lowest BCUT2D eigenvalue weighted by molar-refractivity contribution is 0.601. The molecule has 112 valence electrons. The van der Waals surface area contributed by atoms with Crippen LogP contribution in [0.25, 0.3) is 0 Å². The minimum atomic E-state index is -4.04. The number of anilines is 2. The van der Waals surface area contributed by atoms with Gasteiger partial charge in [-0.1, -0.05) is 46.4 Å². The average molecular weight is 386 g/mol. The van der Waals surface area contributed by atoms with E-state index in [0.717, 1.165) is 0 Å². The second-order valence-corrected chi connectivity index (χ2v) is 7.32. The molecule has 0 bridgehead atoms. The highest BCUT2D eigenvalue weighted by Gasteiger charge is 2.23. The predicted molar refractivity (Wildman–Crippen MR) is 88.1 cm³/mol. The Hall–Kier alpha value is -0.850. The van der Waals surface area contributed by atoms with Gasteiger partial charge in [0.2, 0.25) is 0 Å². The fraction of sp³-hybridized carbons (Fsp3) is 0. The summed E-state index contributed by atoms with van der Waals surface area (Å²) in [7, 11) is -4.04. The first-order chi connectivity index (χ1) is 9.70. The van der Waals surface area contributed by atoms with Crippen LogP contribution in [0.4, 0.5) is 11.4 Å². The van der Waals surface area contributed by atoms with Crippen LogP contribution in [0.1, 0.15) is 0 Å².